The summed E-state index contributed by atoms with van der Waals surface area (Å²) in [6.45, 7) is 2.57. The summed E-state index contributed by atoms with van der Waals surface area (Å²) in [4.78, 5) is 10.0. The molecule has 1 aromatic rings. The second-order valence-corrected chi connectivity index (χ2v) is 3.68. The zero-order chi connectivity index (χ0) is 13.5. The molecule has 0 amide bonds. The van der Waals surface area contributed by atoms with E-state index >= 15 is 0 Å². The summed E-state index contributed by atoms with van der Waals surface area (Å²) >= 11 is 4.89. The number of hydrazine groups is 1. The number of non-ortho nitro benzene ring substituents is 1. The van der Waals surface area contributed by atoms with Gasteiger partial charge in [-0.1, -0.05) is 0 Å². The van der Waals surface area contributed by atoms with Gasteiger partial charge in [-0.05, 0) is 25.2 Å². The van der Waals surface area contributed by atoms with Crippen molar-refractivity contribution >= 4 is 29.2 Å². The molecular formula is C10H13N4O3S+. The minimum absolute atomic E-state index is 0.0655. The van der Waals surface area contributed by atoms with Crippen molar-refractivity contribution in [3.05, 3.63) is 33.9 Å². The molecule has 18 heavy (non-hydrogen) atoms. The van der Waals surface area contributed by atoms with Crippen molar-refractivity contribution in [2.24, 2.45) is 0 Å². The van der Waals surface area contributed by atoms with E-state index in [0.717, 1.165) is 0 Å². The van der Waals surface area contributed by atoms with E-state index in [0.29, 0.717) is 11.7 Å². The summed E-state index contributed by atoms with van der Waals surface area (Å²) < 4.78 is 0. The van der Waals surface area contributed by atoms with E-state index in [4.69, 9.17) is 12.2 Å². The first-order chi connectivity index (χ1) is 8.54. The molecule has 1 aromatic carbocycles. The van der Waals surface area contributed by atoms with Crippen molar-refractivity contribution in [2.75, 3.05) is 6.54 Å². The zero-order valence-electron chi connectivity index (χ0n) is 9.64. The highest BCUT2D eigenvalue weighted by Crippen LogP contribution is 2.20. The van der Waals surface area contributed by atoms with Gasteiger partial charge in [0.05, 0.1) is 10.5 Å². The maximum absolute atomic E-state index is 10.6. The Balaban J connectivity index is 2.77. The third kappa shape index (κ3) is 3.98. The van der Waals surface area contributed by atoms with Crippen LogP contribution in [0.1, 0.15) is 12.5 Å². The molecule has 0 saturated heterocycles. The minimum Gasteiger partial charge on any atom is -0.507 e. The third-order valence-corrected chi connectivity index (χ3v) is 2.22. The number of phenols is 1. The molecule has 0 heterocycles. The number of hydrazone groups is 1. The first-order valence-electron chi connectivity index (χ1n) is 5.14. The fraction of sp³-hybridized carbons (Fsp3) is 0.200. The van der Waals surface area contributed by atoms with E-state index in [1.165, 1.54) is 24.4 Å². The summed E-state index contributed by atoms with van der Waals surface area (Å²) in [5, 5.41) is 26.0. The van der Waals surface area contributed by atoms with Crippen LogP contribution in [0.25, 0.3) is 0 Å². The molecule has 0 atom stereocenters. The number of thiocarbonyl (C=S) groups is 1. The number of nitro benzene ring substituents is 1. The second-order valence-electron chi connectivity index (χ2n) is 3.27. The van der Waals surface area contributed by atoms with Gasteiger partial charge in [0, 0.05) is 18.7 Å². The van der Waals surface area contributed by atoms with Crippen molar-refractivity contribution in [3.63, 3.8) is 0 Å². The molecule has 0 fully saturated rings. The molecule has 0 saturated carbocycles. The molecule has 0 aliphatic heterocycles. The molecule has 0 bridgehead atoms. The van der Waals surface area contributed by atoms with E-state index < -0.39 is 4.92 Å². The van der Waals surface area contributed by atoms with Crippen molar-refractivity contribution in [3.8, 4) is 5.75 Å². The van der Waals surface area contributed by atoms with Crippen molar-refractivity contribution in [1.29, 1.82) is 0 Å². The number of nitrogens with zero attached hydrogens (tertiary/aromatic N) is 1. The molecule has 0 aliphatic rings. The number of nitro groups is 1. The van der Waals surface area contributed by atoms with Crippen LogP contribution in [0.3, 0.4) is 0 Å². The van der Waals surface area contributed by atoms with Gasteiger partial charge in [0.1, 0.15) is 5.75 Å². The Bertz CT molecular complexity index is 490. The van der Waals surface area contributed by atoms with Crippen molar-refractivity contribution in [1.82, 2.24) is 10.7 Å². The van der Waals surface area contributed by atoms with E-state index in [9.17, 15) is 15.2 Å². The van der Waals surface area contributed by atoms with Crippen LogP contribution in [0, 0.1) is 10.1 Å². The van der Waals surface area contributed by atoms with E-state index in [2.05, 4.69) is 15.8 Å². The topological polar surface area (TPSA) is 101 Å². The average molecular weight is 269 g/mol. The van der Waals surface area contributed by atoms with Gasteiger partial charge in [-0.2, -0.15) is 0 Å². The smallest absolute Gasteiger partial charge is 0.270 e. The van der Waals surface area contributed by atoms with Gasteiger partial charge in [-0.3, -0.25) is 10.1 Å². The molecule has 4 N–H and O–H groups in total. The molecule has 0 radical (unpaired) electrons. The lowest BCUT2D eigenvalue weighted by Crippen LogP contribution is -2.82. The van der Waals surface area contributed by atoms with Crippen LogP contribution in [-0.4, -0.2) is 27.9 Å². The van der Waals surface area contributed by atoms with Crippen LogP contribution in [0.15, 0.2) is 18.2 Å². The number of hydrogen-bond donors (Lipinski definition) is 4. The number of rotatable bonds is 4. The highest BCUT2D eigenvalue weighted by molar-refractivity contribution is 7.80. The molecule has 96 valence electrons. The van der Waals surface area contributed by atoms with Crippen LogP contribution >= 0.6 is 12.2 Å². The first kappa shape index (κ1) is 13.8. The summed E-state index contributed by atoms with van der Waals surface area (Å²) in [6, 6.07) is 3.73. The van der Waals surface area contributed by atoms with Crippen LogP contribution in [0.4, 0.5) is 5.69 Å². The molecule has 1 rings (SSSR count). The predicted molar refractivity (Wildman–Crippen MR) is 70.3 cm³/mol. The Hall–Kier alpha value is -2.22. The Labute approximate surface area is 109 Å². The van der Waals surface area contributed by atoms with Gasteiger partial charge in [-0.25, -0.2) is 0 Å². The summed E-state index contributed by atoms with van der Waals surface area (Å²) in [5.74, 6) is -0.0655. The average Bonchev–Trinajstić information content (AvgIpc) is 2.31. The molecule has 0 aliphatic carbocycles. The van der Waals surface area contributed by atoms with E-state index in [-0.39, 0.29) is 17.0 Å². The Kier molecular flexibility index (Phi) is 5.00. The monoisotopic (exact) mass is 269 g/mol. The van der Waals surface area contributed by atoms with Crippen LogP contribution < -0.4 is 15.8 Å². The van der Waals surface area contributed by atoms with E-state index in [1.807, 2.05) is 6.92 Å². The third-order valence-electron chi connectivity index (χ3n) is 1.97. The Morgan fingerprint density at radius 1 is 1.67 bits per heavy atom. The molecule has 0 spiro atoms. The van der Waals surface area contributed by atoms with Gasteiger partial charge in [0.25, 0.3) is 5.69 Å². The maximum atomic E-state index is 10.6. The number of aromatic hydroxyl groups is 1. The van der Waals surface area contributed by atoms with Gasteiger partial charge >= 0.3 is 0 Å². The molecule has 7 nitrogen and oxygen atoms in total. The van der Waals surface area contributed by atoms with Crippen molar-refractivity contribution in [2.45, 2.75) is 6.92 Å². The second kappa shape index (κ2) is 6.50. The van der Waals surface area contributed by atoms with E-state index in [1.54, 1.807) is 0 Å². The number of hydrogen-bond acceptors (Lipinski definition) is 4. The summed E-state index contributed by atoms with van der Waals surface area (Å²) in [7, 11) is 0. The van der Waals surface area contributed by atoms with Gasteiger partial charge in [0.2, 0.25) is 11.3 Å². The SMILES string of the molecule is CCNC(=S)N/[NH+]=C/c1cc([N+](=O)[O-])ccc1O. The fourth-order valence-electron chi connectivity index (χ4n) is 1.16. The lowest BCUT2D eigenvalue weighted by atomic mass is 10.2. The first-order valence-corrected chi connectivity index (χ1v) is 5.55. The maximum Gasteiger partial charge on any atom is 0.270 e. The summed E-state index contributed by atoms with van der Waals surface area (Å²) in [6.07, 6.45) is 1.38. The number of phenolic OH excluding ortho intramolecular Hbond substituents is 1. The van der Waals surface area contributed by atoms with Gasteiger partial charge in [-0.15, -0.1) is 10.5 Å². The largest absolute Gasteiger partial charge is 0.507 e. The highest BCUT2D eigenvalue weighted by Gasteiger charge is 2.10. The molecule has 0 aromatic heterocycles. The van der Waals surface area contributed by atoms with Gasteiger partial charge < -0.3 is 10.4 Å². The quantitative estimate of drug-likeness (QED) is 0.247. The zero-order valence-corrected chi connectivity index (χ0v) is 10.5. The number of benzene rings is 1. The highest BCUT2D eigenvalue weighted by atomic mass is 32.1. The molecule has 8 heteroatoms. The molecule has 0 unspecified atom stereocenters. The lowest BCUT2D eigenvalue weighted by Gasteiger charge is -1.99. The molecular weight excluding hydrogens is 256 g/mol. The lowest BCUT2D eigenvalue weighted by molar-refractivity contribution is -0.500. The number of nitrogens with one attached hydrogen (secondary N) is 3. The van der Waals surface area contributed by atoms with Gasteiger partial charge in [0.15, 0.2) is 0 Å². The van der Waals surface area contributed by atoms with Crippen LogP contribution in [0.2, 0.25) is 0 Å². The normalized spacial score (nSPS) is 10.3. The van der Waals surface area contributed by atoms with Crippen LogP contribution in [0.5, 0.6) is 5.75 Å². The minimum atomic E-state index is -0.534. The standard InChI is InChI=1S/C10H12N4O3S/c1-2-11-10(18)13-12-6-7-5-8(14(16)17)3-4-9(7)15/h3-6,15H,2H2,1H3,(H2,11,13,18)/p+1/b12-6+. The predicted octanol–water partition coefficient (Wildman–Crippen LogP) is -0.801. The fourth-order valence-corrected chi connectivity index (χ4v) is 1.36. The Morgan fingerprint density at radius 3 is 3.00 bits per heavy atom. The Morgan fingerprint density at radius 2 is 2.39 bits per heavy atom. The summed E-state index contributed by atoms with van der Waals surface area (Å²) in [5.41, 5.74) is 2.83. The van der Waals surface area contributed by atoms with Crippen LogP contribution in [-0.2, 0) is 0 Å². The van der Waals surface area contributed by atoms with Crippen molar-refractivity contribution < 1.29 is 15.1 Å².